The molecule has 0 saturated heterocycles. The zero-order chi connectivity index (χ0) is 54.3. The Morgan fingerprint density at radius 1 is 0.280 bits per heavy atom. The predicted octanol–water partition coefficient (Wildman–Crippen LogP) is 21.0. The van der Waals surface area contributed by atoms with Gasteiger partial charge in [0.2, 0.25) is 0 Å². The Bertz CT molecular complexity index is 1620. The van der Waals surface area contributed by atoms with Crippen molar-refractivity contribution in [3.8, 4) is 0 Å². The first-order valence-electron chi connectivity index (χ1n) is 30.7. The summed E-state index contributed by atoms with van der Waals surface area (Å²) in [6.07, 6.45) is 87.6. The highest BCUT2D eigenvalue weighted by Gasteiger charge is 2.19. The lowest BCUT2D eigenvalue weighted by Crippen LogP contribution is -2.30. The Kier molecular flexibility index (Phi) is 58.4. The van der Waals surface area contributed by atoms with Crippen LogP contribution >= 0.6 is 0 Å². The summed E-state index contributed by atoms with van der Waals surface area (Å²) in [7, 11) is 0. The van der Waals surface area contributed by atoms with Crippen molar-refractivity contribution in [2.45, 2.75) is 271 Å². The molecule has 0 spiro atoms. The first-order chi connectivity index (χ1) is 37.0. The van der Waals surface area contributed by atoms with Crippen LogP contribution in [0.2, 0.25) is 0 Å². The van der Waals surface area contributed by atoms with Crippen LogP contribution in [0.1, 0.15) is 265 Å². The summed E-state index contributed by atoms with van der Waals surface area (Å²) in [5.41, 5.74) is 0. The van der Waals surface area contributed by atoms with Gasteiger partial charge in [-0.05, 0) is 96.3 Å². The van der Waals surface area contributed by atoms with Crippen molar-refractivity contribution >= 4 is 17.9 Å². The summed E-state index contributed by atoms with van der Waals surface area (Å²) in [6, 6.07) is 0. The Balaban J connectivity index is 4.60. The van der Waals surface area contributed by atoms with Crippen molar-refractivity contribution in [2.75, 3.05) is 13.2 Å². The van der Waals surface area contributed by atoms with E-state index in [2.05, 4.69) is 130 Å². The summed E-state index contributed by atoms with van der Waals surface area (Å²) in [5.74, 6) is -1.10. The maximum atomic E-state index is 12.9. The third kappa shape index (κ3) is 60.3. The van der Waals surface area contributed by atoms with E-state index in [-0.39, 0.29) is 38.0 Å². The first kappa shape index (κ1) is 70.5. The van der Waals surface area contributed by atoms with Gasteiger partial charge < -0.3 is 14.2 Å². The van der Waals surface area contributed by atoms with Crippen molar-refractivity contribution in [3.05, 3.63) is 134 Å². The van der Waals surface area contributed by atoms with Crippen LogP contribution in [0.4, 0.5) is 0 Å². The minimum Gasteiger partial charge on any atom is -0.462 e. The van der Waals surface area contributed by atoms with E-state index >= 15 is 0 Å². The summed E-state index contributed by atoms with van der Waals surface area (Å²) in [5, 5.41) is 0. The van der Waals surface area contributed by atoms with Crippen LogP contribution < -0.4 is 0 Å². The number of esters is 3. The molecule has 0 saturated carbocycles. The third-order valence-corrected chi connectivity index (χ3v) is 12.7. The van der Waals surface area contributed by atoms with Crippen molar-refractivity contribution in [3.63, 3.8) is 0 Å². The molecule has 0 aliphatic rings. The second-order valence-electron chi connectivity index (χ2n) is 19.9. The summed E-state index contributed by atoms with van der Waals surface area (Å²) in [4.78, 5) is 38.2. The van der Waals surface area contributed by atoms with Crippen molar-refractivity contribution in [2.24, 2.45) is 0 Å². The number of hydrogen-bond donors (Lipinski definition) is 0. The number of ether oxygens (including phenoxy) is 3. The van der Waals surface area contributed by atoms with Gasteiger partial charge in [0.1, 0.15) is 13.2 Å². The van der Waals surface area contributed by atoms with Gasteiger partial charge in [-0.3, -0.25) is 14.4 Å². The SMILES string of the molecule is CC/C=C\C/C=C\C/C=C\C/C=C\C/C=C\C/C=C\CCC(=O)OC[C@H](COC(=O)CCCCCCCCCCCCCCCCCCCCC)OC(=O)CC/C=C\C/C=C\C/C=C\C/C=C\C/C=C\CCCCC. The largest absolute Gasteiger partial charge is 0.462 e. The van der Waals surface area contributed by atoms with Crippen LogP contribution in [0.15, 0.2) is 134 Å². The second-order valence-corrected chi connectivity index (χ2v) is 19.9. The van der Waals surface area contributed by atoms with Crippen LogP contribution in [-0.2, 0) is 28.6 Å². The van der Waals surface area contributed by atoms with Gasteiger partial charge in [0, 0.05) is 19.3 Å². The number of allylic oxidation sites excluding steroid dienone is 22. The smallest absolute Gasteiger partial charge is 0.306 e. The molecule has 0 aliphatic carbocycles. The molecule has 0 bridgehead atoms. The topological polar surface area (TPSA) is 78.9 Å². The Morgan fingerprint density at radius 2 is 0.547 bits per heavy atom. The number of carbonyl (C=O) groups is 3. The first-order valence-corrected chi connectivity index (χ1v) is 30.7. The highest BCUT2D eigenvalue weighted by molar-refractivity contribution is 5.71. The molecule has 0 radical (unpaired) electrons. The maximum absolute atomic E-state index is 12.9. The van der Waals surface area contributed by atoms with Gasteiger partial charge in [0.25, 0.3) is 0 Å². The highest BCUT2D eigenvalue weighted by Crippen LogP contribution is 2.16. The molecule has 0 aromatic heterocycles. The lowest BCUT2D eigenvalue weighted by molar-refractivity contribution is -0.166. The Labute approximate surface area is 462 Å². The van der Waals surface area contributed by atoms with Gasteiger partial charge >= 0.3 is 17.9 Å². The van der Waals surface area contributed by atoms with E-state index in [4.69, 9.17) is 14.2 Å². The normalized spacial score (nSPS) is 13.1. The summed E-state index contributed by atoms with van der Waals surface area (Å²) in [6.45, 7) is 6.38. The van der Waals surface area contributed by atoms with Gasteiger partial charge in [0.15, 0.2) is 6.10 Å². The monoisotopic (exact) mass is 1040 g/mol. The molecule has 75 heavy (non-hydrogen) atoms. The van der Waals surface area contributed by atoms with Crippen molar-refractivity contribution in [1.29, 1.82) is 0 Å². The number of carbonyl (C=O) groups excluding carboxylic acids is 3. The molecular weight excluding hydrogens is 925 g/mol. The molecule has 0 N–H and O–H groups in total. The van der Waals surface area contributed by atoms with Crippen molar-refractivity contribution in [1.82, 2.24) is 0 Å². The summed E-state index contributed by atoms with van der Waals surface area (Å²) >= 11 is 0. The van der Waals surface area contributed by atoms with E-state index in [9.17, 15) is 14.4 Å². The number of rotatable bonds is 54. The molecule has 6 nitrogen and oxygen atoms in total. The fourth-order valence-corrected chi connectivity index (χ4v) is 8.10. The Morgan fingerprint density at radius 3 is 0.893 bits per heavy atom. The highest BCUT2D eigenvalue weighted by atomic mass is 16.6. The molecule has 0 aliphatic heterocycles. The second kappa shape index (κ2) is 62.1. The molecule has 1 atom stereocenters. The molecule has 0 fully saturated rings. The predicted molar refractivity (Wildman–Crippen MR) is 325 cm³/mol. The lowest BCUT2D eigenvalue weighted by atomic mass is 10.0. The molecule has 0 amide bonds. The zero-order valence-corrected chi connectivity index (χ0v) is 48.5. The Hall–Kier alpha value is -4.45. The van der Waals surface area contributed by atoms with Crippen LogP contribution in [0.5, 0.6) is 0 Å². The number of unbranched alkanes of at least 4 members (excludes halogenated alkanes) is 21. The van der Waals surface area contributed by atoms with E-state index < -0.39 is 12.1 Å². The minimum atomic E-state index is -0.853. The van der Waals surface area contributed by atoms with Gasteiger partial charge in [-0.1, -0.05) is 283 Å². The third-order valence-electron chi connectivity index (χ3n) is 12.7. The lowest BCUT2D eigenvalue weighted by Gasteiger charge is -2.18. The van der Waals surface area contributed by atoms with E-state index in [1.54, 1.807) is 0 Å². The molecule has 0 rings (SSSR count). The van der Waals surface area contributed by atoms with E-state index in [1.807, 2.05) is 24.3 Å². The minimum absolute atomic E-state index is 0.133. The van der Waals surface area contributed by atoms with E-state index in [1.165, 1.54) is 128 Å². The quantitative estimate of drug-likeness (QED) is 0.0261. The molecule has 424 valence electrons. The van der Waals surface area contributed by atoms with Crippen LogP contribution in [-0.4, -0.2) is 37.2 Å². The van der Waals surface area contributed by atoms with Gasteiger partial charge in [0.05, 0.1) is 0 Å². The van der Waals surface area contributed by atoms with E-state index in [0.717, 1.165) is 83.5 Å². The zero-order valence-electron chi connectivity index (χ0n) is 48.5. The fraction of sp³-hybridized carbons (Fsp3) is 0.638. The number of hydrogen-bond acceptors (Lipinski definition) is 6. The van der Waals surface area contributed by atoms with Crippen LogP contribution in [0.25, 0.3) is 0 Å². The van der Waals surface area contributed by atoms with Crippen LogP contribution in [0.3, 0.4) is 0 Å². The average Bonchev–Trinajstić information content (AvgIpc) is 3.41. The van der Waals surface area contributed by atoms with E-state index in [0.29, 0.717) is 19.3 Å². The van der Waals surface area contributed by atoms with Gasteiger partial charge in [-0.2, -0.15) is 0 Å². The molecular formula is C69H112O6. The fourth-order valence-electron chi connectivity index (χ4n) is 8.10. The molecule has 0 aromatic carbocycles. The molecule has 0 aromatic rings. The average molecular weight is 1040 g/mol. The van der Waals surface area contributed by atoms with Gasteiger partial charge in [-0.25, -0.2) is 0 Å². The maximum Gasteiger partial charge on any atom is 0.306 e. The molecule has 0 heterocycles. The van der Waals surface area contributed by atoms with Crippen LogP contribution in [0, 0.1) is 0 Å². The molecule has 6 heteroatoms. The van der Waals surface area contributed by atoms with Crippen molar-refractivity contribution < 1.29 is 28.6 Å². The standard InChI is InChI=1S/C69H112O6/c1-4-7-10-13-16-19-22-25-28-31-34-37-40-43-46-49-52-55-58-61-67(70)73-64-66(75-69(72)63-60-57-54-51-48-45-42-39-36-33-30-27-24-21-18-15-12-9-6-3)65-74-68(71)62-59-56-53-50-47-44-41-38-35-32-29-26-23-20-17-14-11-8-5-2/h7,10,16,18-19,21,25,27-28,30,34,36-37,39,43,45-46,48,52,54-55,57,66H,4-6,8-9,11-15,17,20,22-24,26,29,31-33,35,38,40-42,44,47,49-51,53,56,58-65H2,1-3H3/b10-7-,19-16-,21-18-,28-25-,30-27-,37-34-,39-36-,46-43-,48-45-,55-52-,57-54-/t66-/m1/s1. The summed E-state index contributed by atoms with van der Waals surface area (Å²) < 4.78 is 16.8. The molecule has 0 unspecified atom stereocenters. The van der Waals surface area contributed by atoms with Gasteiger partial charge in [-0.15, -0.1) is 0 Å².